The predicted molar refractivity (Wildman–Crippen MR) is 22.9 cm³/mol. The molecule has 0 saturated heterocycles. The largest absolute Gasteiger partial charge is 0.356 e. The van der Waals surface area contributed by atoms with E-state index < -0.39 is 5.09 Å². The van der Waals surface area contributed by atoms with Gasteiger partial charge in [-0.3, -0.25) is 0 Å². The second kappa shape index (κ2) is 3.63. The third-order valence-corrected chi connectivity index (χ3v) is 0. The van der Waals surface area contributed by atoms with Crippen molar-refractivity contribution >= 4 is 9.90 Å². The van der Waals surface area contributed by atoms with Crippen LogP contribution in [-0.2, 0) is 0 Å². The summed E-state index contributed by atoms with van der Waals surface area (Å²) in [4.78, 5) is 8.25. The van der Waals surface area contributed by atoms with Gasteiger partial charge < -0.3 is 15.3 Å². The van der Waals surface area contributed by atoms with Crippen molar-refractivity contribution in [3.8, 4) is 0 Å². The van der Waals surface area contributed by atoms with Crippen LogP contribution in [0.2, 0.25) is 0 Å². The fraction of sp³-hybridized carbons (Fsp3) is 0. The normalized spacial score (nSPS) is 4.80. The minimum absolute atomic E-state index is 0. The predicted octanol–water partition coefficient (Wildman–Crippen LogP) is -0.449. The van der Waals surface area contributed by atoms with Crippen molar-refractivity contribution in [1.82, 2.24) is 0 Å². The van der Waals surface area contributed by atoms with Gasteiger partial charge in [-0.15, -0.1) is 0 Å². The summed E-state index contributed by atoms with van der Waals surface area (Å²) >= 11 is 0. The third kappa shape index (κ3) is 70.4. The summed E-state index contributed by atoms with van der Waals surface area (Å²) in [6.07, 6.45) is 0. The van der Waals surface area contributed by atoms with Crippen LogP contribution in [0.15, 0.2) is 0 Å². The van der Waals surface area contributed by atoms with E-state index in [9.17, 15) is 0 Å². The van der Waals surface area contributed by atoms with Gasteiger partial charge in [0.1, 0.15) is 0 Å². The molecule has 1 atom stereocenters. The molecule has 0 N–H and O–H groups in total. The first-order valence-electron chi connectivity index (χ1n) is 0.548. The molecule has 0 aliphatic carbocycles. The van der Waals surface area contributed by atoms with Crippen molar-refractivity contribution in [1.29, 1.82) is 0 Å². The van der Waals surface area contributed by atoms with Gasteiger partial charge in [-0.1, -0.05) is 0 Å². The molecule has 0 aromatic carbocycles. The van der Waals surface area contributed by atoms with Gasteiger partial charge in [-0.2, -0.15) is 0 Å². The molecule has 32 valence electrons. The molecule has 0 aliphatic rings. The fourth-order valence-corrected chi connectivity index (χ4v) is 0. The van der Waals surface area contributed by atoms with Crippen molar-refractivity contribution in [3.63, 3.8) is 0 Å². The van der Waals surface area contributed by atoms with Gasteiger partial charge in [0, 0.05) is 0 Å². The minimum atomic E-state index is -1.75. The molecule has 0 amide bonds. The average molecular weight is 97.0 g/mol. The first-order valence-corrected chi connectivity index (χ1v) is 0.548. The van der Waals surface area contributed by atoms with Gasteiger partial charge in [0.25, 0.3) is 0 Å². The second-order valence-electron chi connectivity index (χ2n) is 0.224. The van der Waals surface area contributed by atoms with E-state index in [1.807, 2.05) is 0 Å². The summed E-state index contributed by atoms with van der Waals surface area (Å²) in [5.74, 6) is 0. The van der Waals surface area contributed by atoms with E-state index in [0.29, 0.717) is 0 Å². The number of hydrogen-bond acceptors (Lipinski definition) is 3. The van der Waals surface area contributed by atoms with Crippen LogP contribution in [0.3, 0.4) is 0 Å². The standard InChI is InChI=1S/NO3.H3P/c2-1(3)4;/h;1H3/q-1;/p+1. The summed E-state index contributed by atoms with van der Waals surface area (Å²) in [7, 11) is 0. The molecule has 0 heterocycles. The summed E-state index contributed by atoms with van der Waals surface area (Å²) < 4.78 is 0. The van der Waals surface area contributed by atoms with Gasteiger partial charge >= 0.3 is 0 Å². The maximum Gasteiger partial charge on any atom is 0.0689 e. The average Bonchev–Trinajstić information content (AvgIpc) is 0.811. The Bertz CT molecular complexity index is 29.9. The second-order valence-corrected chi connectivity index (χ2v) is 0.224. The lowest BCUT2D eigenvalue weighted by Crippen LogP contribution is -1.74. The summed E-state index contributed by atoms with van der Waals surface area (Å²) in [6, 6.07) is 0. The van der Waals surface area contributed by atoms with Crippen LogP contribution in [0, 0.1) is 15.3 Å². The molecule has 5 heavy (non-hydrogen) atoms. The zero-order valence-corrected chi connectivity index (χ0v) is 4.67. The van der Waals surface area contributed by atoms with Crippen molar-refractivity contribution < 1.29 is 5.09 Å². The quantitative estimate of drug-likeness (QED) is 0.233. The van der Waals surface area contributed by atoms with Gasteiger partial charge in [-0.05, 0) is 9.90 Å². The van der Waals surface area contributed by atoms with Crippen LogP contribution >= 0.6 is 9.90 Å². The van der Waals surface area contributed by atoms with E-state index in [4.69, 9.17) is 15.3 Å². The van der Waals surface area contributed by atoms with E-state index in [1.165, 1.54) is 0 Å². The summed E-state index contributed by atoms with van der Waals surface area (Å²) in [5, 5.41) is 14.8. The molecule has 0 aromatic heterocycles. The Morgan fingerprint density at radius 3 is 1.40 bits per heavy atom. The highest BCUT2D eigenvalue weighted by Gasteiger charge is 1.45. The number of rotatable bonds is 0. The first-order chi connectivity index (χ1) is 1.73. The van der Waals surface area contributed by atoms with Crippen LogP contribution in [0.4, 0.5) is 0 Å². The highest BCUT2D eigenvalue weighted by Crippen LogP contribution is 1.44. The zero-order chi connectivity index (χ0) is 3.58. The Hall–Kier alpha value is -0.370. The smallest absolute Gasteiger partial charge is 0.0689 e. The van der Waals surface area contributed by atoms with E-state index in [-0.39, 0.29) is 9.90 Å². The molecule has 0 bridgehead atoms. The molecule has 5 heteroatoms. The molecular weight excluding hydrogens is 93.0 g/mol. The lowest BCUT2D eigenvalue weighted by atomic mass is 13.1. The van der Waals surface area contributed by atoms with Crippen molar-refractivity contribution in [3.05, 3.63) is 15.3 Å². The van der Waals surface area contributed by atoms with Gasteiger partial charge in [0.2, 0.25) is 0 Å². The van der Waals surface area contributed by atoms with Gasteiger partial charge in [0.15, 0.2) is 0 Å². The highest BCUT2D eigenvalue weighted by molar-refractivity contribution is 6.92. The molecule has 1 unspecified atom stereocenters. The summed E-state index contributed by atoms with van der Waals surface area (Å²) in [5.41, 5.74) is 0. The Morgan fingerprint density at radius 2 is 1.40 bits per heavy atom. The Morgan fingerprint density at radius 1 is 1.40 bits per heavy atom. The van der Waals surface area contributed by atoms with Crippen molar-refractivity contribution in [2.24, 2.45) is 0 Å². The lowest BCUT2D eigenvalue weighted by molar-refractivity contribution is -0.402. The van der Waals surface area contributed by atoms with E-state index >= 15 is 0 Å². The number of hydrogen-bond donors (Lipinski definition) is 0. The minimum Gasteiger partial charge on any atom is -0.356 e. The van der Waals surface area contributed by atoms with E-state index in [0.717, 1.165) is 0 Å². The molecule has 0 rings (SSSR count). The molecule has 0 aliphatic heterocycles. The lowest BCUT2D eigenvalue weighted by Gasteiger charge is -1.74. The Labute approximate surface area is 31.5 Å². The van der Waals surface area contributed by atoms with Crippen LogP contribution in [0.25, 0.3) is 0 Å². The molecule has 0 spiro atoms. The molecule has 0 radical (unpaired) electrons. The molecule has 0 saturated carbocycles. The molecule has 0 fully saturated rings. The highest BCUT2D eigenvalue weighted by atomic mass is 31.0. The van der Waals surface area contributed by atoms with Crippen LogP contribution in [0.5, 0.6) is 0 Å². The van der Waals surface area contributed by atoms with Crippen molar-refractivity contribution in [2.75, 3.05) is 0 Å². The maximum atomic E-state index is 8.25. The third-order valence-electron chi connectivity index (χ3n) is 0. The van der Waals surface area contributed by atoms with Crippen LogP contribution in [-0.4, -0.2) is 5.09 Å². The number of nitrogens with zero attached hydrogens (tertiary/aromatic N) is 1. The molecule has 4 nitrogen and oxygen atoms in total. The monoisotopic (exact) mass is 97.0 g/mol. The first kappa shape index (κ1) is 8.82. The molecular formula is H4NO3P. The maximum absolute atomic E-state index is 8.25. The van der Waals surface area contributed by atoms with Gasteiger partial charge in [0.05, 0.1) is 5.09 Å². The van der Waals surface area contributed by atoms with Crippen molar-refractivity contribution in [2.45, 2.75) is 0 Å². The van der Waals surface area contributed by atoms with Gasteiger partial charge in [-0.25, -0.2) is 0 Å². The SMILES string of the molecule is O=[N+]([O-])[O-].[PH4+]. The van der Waals surface area contributed by atoms with Crippen LogP contribution < -0.4 is 0 Å². The van der Waals surface area contributed by atoms with E-state index in [2.05, 4.69) is 0 Å². The Kier molecular flexibility index (Phi) is 6.40. The topological polar surface area (TPSA) is 66.2 Å². The zero-order valence-electron chi connectivity index (χ0n) is 2.67. The molecule has 0 aromatic rings. The summed E-state index contributed by atoms with van der Waals surface area (Å²) in [6.45, 7) is 0. The van der Waals surface area contributed by atoms with Crippen LogP contribution in [0.1, 0.15) is 0 Å². The fourth-order valence-electron chi connectivity index (χ4n) is 0. The Balaban J connectivity index is 0. The van der Waals surface area contributed by atoms with E-state index in [1.54, 1.807) is 0 Å².